The second kappa shape index (κ2) is 17.9. The first-order valence-electron chi connectivity index (χ1n) is 24.4. The van der Waals surface area contributed by atoms with E-state index in [9.17, 15) is 60.9 Å². The minimum Gasteiger partial charge on any atom is -0.502 e. The molecule has 13 rings (SSSR count). The topological polar surface area (TPSA) is 311 Å². The van der Waals surface area contributed by atoms with Crippen LogP contribution in [-0.2, 0) is 0 Å². The third-order valence-corrected chi connectivity index (χ3v) is 14.5. The monoisotopic (exact) mass is 1060 g/mol. The van der Waals surface area contributed by atoms with E-state index >= 15 is 0 Å². The Balaban J connectivity index is 1.39. The number of phenolic OH excluding ortho intramolecular Hbond substituents is 4. The van der Waals surface area contributed by atoms with E-state index in [2.05, 4.69) is 9.97 Å². The molecule has 0 unspecified atom stereocenters. The molecular weight excluding hydrogens is 1020 g/mol. The quantitative estimate of drug-likeness (QED) is 0.0609. The third kappa shape index (κ3) is 7.31. The summed E-state index contributed by atoms with van der Waals surface area (Å²) in [6.07, 6.45) is 0. The first kappa shape index (κ1) is 47.9. The summed E-state index contributed by atoms with van der Waals surface area (Å²) in [7, 11) is 0. The highest BCUT2D eigenvalue weighted by Gasteiger charge is 2.32. The molecule has 6 N–H and O–H groups in total. The predicted molar refractivity (Wildman–Crippen MR) is 300 cm³/mol. The van der Waals surface area contributed by atoms with E-state index in [4.69, 9.17) is 9.97 Å². The zero-order valence-electron chi connectivity index (χ0n) is 40.9. The number of phenols is 4. The normalized spacial score (nSPS) is 11.6. The molecule has 10 aromatic rings. The van der Waals surface area contributed by atoms with Crippen molar-refractivity contribution in [2.75, 3.05) is 0 Å². The number of nitro benzene ring substituents is 4. The summed E-state index contributed by atoms with van der Waals surface area (Å²) < 4.78 is 0. The number of rotatable bonds is 8. The van der Waals surface area contributed by atoms with Crippen molar-refractivity contribution in [1.82, 2.24) is 19.9 Å². The lowest BCUT2D eigenvalue weighted by atomic mass is 9.93. The Morgan fingerprint density at radius 1 is 0.312 bits per heavy atom. The van der Waals surface area contributed by atoms with Gasteiger partial charge in [-0.05, 0) is 46.5 Å². The summed E-state index contributed by atoms with van der Waals surface area (Å²) >= 11 is 0. The highest BCUT2D eigenvalue weighted by atomic mass is 16.6. The molecule has 0 radical (unpaired) electrons. The molecule has 20 heteroatoms. The minimum absolute atomic E-state index is 0.210. The standard InChI is InChI=1S/C60H34N8O12/c69-45-21-17-29(25-41(45)65(73)74)49-53-33-9-1-2-10-34(33)54(61-53)50(30-18-22-46(70)42(26-30)66(75)76)56-37-13-5-6-14-38(37)58(63-56)52(32-20-24-48(72)44(28-32)68(79)80)60-40-16-8-7-15-39(40)59(64-60)51(31-19-23-47(71)43(27-31)67(77)78)57-36-12-4-3-11-35(36)55(49)62-57/h1-28,61,64,69-72H. The molecule has 2 aliphatic heterocycles. The minimum atomic E-state index is -0.721. The largest absolute Gasteiger partial charge is 0.502 e. The molecule has 3 aliphatic rings. The van der Waals surface area contributed by atoms with Crippen LogP contribution in [0.2, 0.25) is 0 Å². The summed E-state index contributed by atoms with van der Waals surface area (Å²) in [6.45, 7) is 0. The van der Waals surface area contributed by atoms with Gasteiger partial charge in [-0.2, -0.15) is 0 Å². The second-order valence-electron chi connectivity index (χ2n) is 18.9. The molecule has 0 saturated carbocycles. The van der Waals surface area contributed by atoms with E-state index < -0.39 is 65.4 Å². The number of benzene rings is 8. The molecule has 0 fully saturated rings. The summed E-state index contributed by atoms with van der Waals surface area (Å²) in [4.78, 5) is 66.2. The number of aromatic amines is 2. The van der Waals surface area contributed by atoms with Gasteiger partial charge in [-0.1, -0.05) is 121 Å². The van der Waals surface area contributed by atoms with Gasteiger partial charge < -0.3 is 30.4 Å². The van der Waals surface area contributed by atoms with Crippen LogP contribution >= 0.6 is 0 Å². The first-order valence-corrected chi connectivity index (χ1v) is 24.4. The van der Waals surface area contributed by atoms with Gasteiger partial charge in [0.2, 0.25) is 0 Å². The van der Waals surface area contributed by atoms with Crippen molar-refractivity contribution >= 4 is 66.4 Å². The van der Waals surface area contributed by atoms with Crippen LogP contribution in [0.5, 0.6) is 23.0 Å². The Morgan fingerprint density at radius 2 is 0.525 bits per heavy atom. The van der Waals surface area contributed by atoms with Crippen LogP contribution < -0.4 is 0 Å². The maximum Gasteiger partial charge on any atom is 0.311 e. The van der Waals surface area contributed by atoms with Gasteiger partial charge in [0.1, 0.15) is 0 Å². The van der Waals surface area contributed by atoms with E-state index in [1.807, 2.05) is 24.3 Å². The van der Waals surface area contributed by atoms with Crippen molar-refractivity contribution in [3.05, 3.63) is 210 Å². The van der Waals surface area contributed by atoms with Gasteiger partial charge in [0.05, 0.1) is 64.5 Å². The summed E-state index contributed by atoms with van der Waals surface area (Å²) in [5.41, 5.74) is 3.72. The van der Waals surface area contributed by atoms with Crippen LogP contribution in [-0.4, -0.2) is 60.1 Å². The van der Waals surface area contributed by atoms with Gasteiger partial charge in [-0.15, -0.1) is 0 Å². The van der Waals surface area contributed by atoms with Crippen molar-refractivity contribution in [2.24, 2.45) is 0 Å². The number of hydrogen-bond acceptors (Lipinski definition) is 14. The lowest BCUT2D eigenvalue weighted by Gasteiger charge is -2.09. The van der Waals surface area contributed by atoms with E-state index in [1.54, 1.807) is 72.8 Å². The molecule has 4 heterocycles. The third-order valence-electron chi connectivity index (χ3n) is 14.5. The Morgan fingerprint density at radius 3 is 0.738 bits per heavy atom. The zero-order chi connectivity index (χ0) is 55.4. The lowest BCUT2D eigenvalue weighted by Crippen LogP contribution is -1.92. The highest BCUT2D eigenvalue weighted by Crippen LogP contribution is 2.53. The van der Waals surface area contributed by atoms with Gasteiger partial charge in [-0.3, -0.25) is 40.5 Å². The van der Waals surface area contributed by atoms with Crippen molar-refractivity contribution in [2.45, 2.75) is 0 Å². The molecule has 20 nitrogen and oxygen atoms in total. The number of H-pyrrole nitrogens is 2. The maximum atomic E-state index is 12.7. The molecule has 0 spiro atoms. The molecule has 0 saturated heterocycles. The Kier molecular flexibility index (Phi) is 10.7. The van der Waals surface area contributed by atoms with Gasteiger partial charge in [0, 0.05) is 90.3 Å². The molecule has 0 amide bonds. The number of aromatic hydroxyl groups is 4. The molecule has 2 aromatic heterocycles. The number of hydrogen-bond donors (Lipinski definition) is 6. The van der Waals surface area contributed by atoms with Crippen LogP contribution in [0.15, 0.2) is 170 Å². The number of nitro groups is 4. The SMILES string of the molecule is O=[N+]([O-])c1cc(-c2c3nc(c(-c4ccc(O)c([N+](=O)[O-])c4)c4[nH]c(c(-c5ccc(O)c([N+](=O)[O-])c5)c5nc(c(-c6ccc(O)c([N+](=O)[O-])c6)c6[nH]c2c2ccccc62)-c2ccccc2-5)c2ccccc42)-c2ccccc2-3)ccc1O. The average Bonchev–Trinajstić information content (AvgIpc) is 4.35. The maximum absolute atomic E-state index is 12.7. The molecule has 8 bridgehead atoms. The summed E-state index contributed by atoms with van der Waals surface area (Å²) in [5, 5.41) is 96.6. The number of aromatic nitrogens is 4. The number of nitrogens with zero attached hydrogens (tertiary/aromatic N) is 6. The van der Waals surface area contributed by atoms with E-state index in [-0.39, 0.29) is 67.3 Å². The highest BCUT2D eigenvalue weighted by molar-refractivity contribution is 6.21. The van der Waals surface area contributed by atoms with Crippen molar-refractivity contribution in [1.29, 1.82) is 0 Å². The molecular formula is C60H34N8O12. The Bertz CT molecular complexity index is 4230. The Hall–Kier alpha value is -11.8. The van der Waals surface area contributed by atoms with Gasteiger partial charge in [0.25, 0.3) is 0 Å². The van der Waals surface area contributed by atoms with Crippen LogP contribution in [0, 0.1) is 40.5 Å². The fraction of sp³-hybridized carbons (Fsp3) is 0. The van der Waals surface area contributed by atoms with Crippen molar-refractivity contribution in [3.8, 4) is 113 Å². The molecule has 8 aromatic carbocycles. The Labute approximate surface area is 447 Å². The summed E-state index contributed by atoms with van der Waals surface area (Å²) in [6, 6.07) is 44.3. The fourth-order valence-corrected chi connectivity index (χ4v) is 11.1. The summed E-state index contributed by atoms with van der Waals surface area (Å²) in [5.74, 6) is -2.45. The van der Waals surface area contributed by atoms with Crippen molar-refractivity contribution in [3.63, 3.8) is 0 Å². The lowest BCUT2D eigenvalue weighted by molar-refractivity contribution is -0.385. The van der Waals surface area contributed by atoms with Crippen LogP contribution in [0.4, 0.5) is 22.7 Å². The molecule has 386 valence electrons. The van der Waals surface area contributed by atoms with Crippen LogP contribution in [0.25, 0.3) is 133 Å². The smallest absolute Gasteiger partial charge is 0.311 e. The predicted octanol–water partition coefficient (Wildman–Crippen LogP) is 14.4. The van der Waals surface area contributed by atoms with Crippen LogP contribution in [0.1, 0.15) is 0 Å². The first-order chi connectivity index (χ1) is 38.7. The van der Waals surface area contributed by atoms with Crippen LogP contribution in [0.3, 0.4) is 0 Å². The number of nitrogens with one attached hydrogen (secondary N) is 2. The van der Waals surface area contributed by atoms with E-state index in [0.29, 0.717) is 65.9 Å². The van der Waals surface area contributed by atoms with Crippen molar-refractivity contribution < 1.29 is 40.1 Å². The zero-order valence-corrected chi connectivity index (χ0v) is 40.9. The fourth-order valence-electron chi connectivity index (χ4n) is 11.1. The van der Waals surface area contributed by atoms with Gasteiger partial charge in [-0.25, -0.2) is 9.97 Å². The van der Waals surface area contributed by atoms with Gasteiger partial charge >= 0.3 is 22.7 Å². The molecule has 0 atom stereocenters. The van der Waals surface area contributed by atoms with E-state index in [1.165, 1.54) is 72.8 Å². The molecule has 1 aliphatic carbocycles. The molecule has 80 heavy (non-hydrogen) atoms. The van der Waals surface area contributed by atoms with Gasteiger partial charge in [0.15, 0.2) is 23.0 Å². The second-order valence-corrected chi connectivity index (χ2v) is 18.9. The van der Waals surface area contributed by atoms with E-state index in [0.717, 1.165) is 0 Å². The average molecular weight is 1060 g/mol.